The second kappa shape index (κ2) is 6.70. The first-order valence-electron chi connectivity index (χ1n) is 7.03. The van der Waals surface area contributed by atoms with Crippen LogP contribution in [0.4, 0.5) is 0 Å². The Kier molecular flexibility index (Phi) is 4.66. The maximum atomic E-state index is 12.4. The van der Waals surface area contributed by atoms with Crippen LogP contribution >= 0.6 is 23.2 Å². The summed E-state index contributed by atoms with van der Waals surface area (Å²) in [5, 5.41) is 7.72. The summed E-state index contributed by atoms with van der Waals surface area (Å²) in [6.45, 7) is 0.817. The zero-order valence-corrected chi connectivity index (χ0v) is 13.4. The summed E-state index contributed by atoms with van der Waals surface area (Å²) in [4.78, 5) is 24.2. The number of halogens is 2. The Bertz CT molecular complexity index is 842. The Morgan fingerprint density at radius 2 is 2.26 bits per heavy atom. The zero-order valence-electron chi connectivity index (χ0n) is 11.9. The lowest BCUT2D eigenvalue weighted by Gasteiger charge is -2.06. The van der Waals surface area contributed by atoms with Gasteiger partial charge in [-0.05, 0) is 31.5 Å². The first kappa shape index (κ1) is 16.0. The second-order valence-corrected chi connectivity index (χ2v) is 6.01. The van der Waals surface area contributed by atoms with E-state index in [1.54, 1.807) is 0 Å². The van der Waals surface area contributed by atoms with Crippen molar-refractivity contribution >= 4 is 46.3 Å². The Morgan fingerprint density at radius 3 is 3.00 bits per heavy atom. The first-order chi connectivity index (χ1) is 11.1. The molecule has 1 aliphatic heterocycles. The molecule has 1 aromatic heterocycles. The van der Waals surface area contributed by atoms with E-state index in [9.17, 15) is 9.59 Å². The van der Waals surface area contributed by atoms with E-state index in [0.717, 1.165) is 19.4 Å². The van der Waals surface area contributed by atoms with Gasteiger partial charge in [0.25, 0.3) is 5.91 Å². The maximum Gasteiger partial charge on any atom is 0.257 e. The van der Waals surface area contributed by atoms with Gasteiger partial charge in [0.2, 0.25) is 5.43 Å². The predicted octanol–water partition coefficient (Wildman–Crippen LogP) is 2.30. The third-order valence-corrected chi connectivity index (χ3v) is 4.07. The third kappa shape index (κ3) is 3.39. The highest BCUT2D eigenvalue weighted by Crippen LogP contribution is 2.26. The molecular formula is C15H13Cl2N3O3. The molecule has 0 radical (unpaired) electrons. The molecule has 1 saturated heterocycles. The quantitative estimate of drug-likeness (QED) is 0.655. The number of rotatable bonds is 3. The van der Waals surface area contributed by atoms with Crippen molar-refractivity contribution in [2.24, 2.45) is 5.10 Å². The summed E-state index contributed by atoms with van der Waals surface area (Å²) in [5.41, 5.74) is 2.53. The van der Waals surface area contributed by atoms with Crippen molar-refractivity contribution in [2.45, 2.75) is 18.9 Å². The fraction of sp³-hybridized carbons (Fsp3) is 0.267. The van der Waals surface area contributed by atoms with Crippen LogP contribution in [0.3, 0.4) is 0 Å². The van der Waals surface area contributed by atoms with Gasteiger partial charge in [0, 0.05) is 5.02 Å². The van der Waals surface area contributed by atoms with Gasteiger partial charge in [0.05, 0.1) is 28.2 Å². The van der Waals surface area contributed by atoms with Gasteiger partial charge in [-0.3, -0.25) is 9.59 Å². The first-order valence-corrected chi connectivity index (χ1v) is 7.78. The molecule has 1 aliphatic rings. The number of nitrogens with zero attached hydrogens (tertiary/aromatic N) is 1. The molecule has 0 bridgehead atoms. The number of fused-ring (bicyclic) bond motifs is 1. The van der Waals surface area contributed by atoms with Gasteiger partial charge in [-0.25, -0.2) is 5.43 Å². The highest BCUT2D eigenvalue weighted by molar-refractivity contribution is 6.38. The number of amides is 1. The zero-order chi connectivity index (χ0) is 16.4. The summed E-state index contributed by atoms with van der Waals surface area (Å²) in [6, 6.07) is 2.74. The van der Waals surface area contributed by atoms with Crippen LogP contribution < -0.4 is 16.2 Å². The minimum atomic E-state index is -0.326. The van der Waals surface area contributed by atoms with E-state index in [-0.39, 0.29) is 38.9 Å². The second-order valence-electron chi connectivity index (χ2n) is 5.17. The van der Waals surface area contributed by atoms with Crippen LogP contribution in [-0.2, 0) is 4.79 Å². The number of carbonyl (C=O) groups is 1. The van der Waals surface area contributed by atoms with E-state index in [0.29, 0.717) is 5.02 Å². The van der Waals surface area contributed by atoms with Crippen molar-refractivity contribution in [3.63, 3.8) is 0 Å². The summed E-state index contributed by atoms with van der Waals surface area (Å²) in [5.74, 6) is -0.227. The molecule has 6 nitrogen and oxygen atoms in total. The number of carbonyl (C=O) groups excluding carboxylic acids is 1. The number of hydrazone groups is 1. The third-order valence-electron chi connectivity index (χ3n) is 3.57. The molecular weight excluding hydrogens is 341 g/mol. The Balaban J connectivity index is 1.83. The standard InChI is InChI=1S/C15H13Cl2N3O3/c16-9-4-10-13(21)8(7-23-14(10)11(17)5-9)6-19-20-15(22)12-2-1-3-18-12/h4-7,12,18H,1-3H2,(H,20,22). The minimum Gasteiger partial charge on any atom is -0.462 e. The summed E-state index contributed by atoms with van der Waals surface area (Å²) in [7, 11) is 0. The average molecular weight is 354 g/mol. The fourth-order valence-corrected chi connectivity index (χ4v) is 2.96. The van der Waals surface area contributed by atoms with Crippen LogP contribution in [0.15, 0.2) is 32.7 Å². The summed E-state index contributed by atoms with van der Waals surface area (Å²) >= 11 is 11.9. The fourth-order valence-electron chi connectivity index (χ4n) is 2.42. The molecule has 3 rings (SSSR count). The van der Waals surface area contributed by atoms with Crippen molar-refractivity contribution < 1.29 is 9.21 Å². The lowest BCUT2D eigenvalue weighted by molar-refractivity contribution is -0.122. The van der Waals surface area contributed by atoms with Crippen LogP contribution in [0.1, 0.15) is 18.4 Å². The van der Waals surface area contributed by atoms with Crippen LogP contribution in [0.2, 0.25) is 10.0 Å². The minimum absolute atomic E-state index is 0.190. The molecule has 2 N–H and O–H groups in total. The van der Waals surface area contributed by atoms with E-state index in [2.05, 4.69) is 15.8 Å². The number of benzene rings is 1. The monoisotopic (exact) mass is 353 g/mol. The van der Waals surface area contributed by atoms with Crippen molar-refractivity contribution in [3.05, 3.63) is 44.2 Å². The van der Waals surface area contributed by atoms with Crippen molar-refractivity contribution in [2.75, 3.05) is 6.54 Å². The van der Waals surface area contributed by atoms with E-state index < -0.39 is 0 Å². The molecule has 0 saturated carbocycles. The van der Waals surface area contributed by atoms with E-state index >= 15 is 0 Å². The number of hydrogen-bond acceptors (Lipinski definition) is 5. The van der Waals surface area contributed by atoms with E-state index in [4.69, 9.17) is 27.6 Å². The van der Waals surface area contributed by atoms with Gasteiger partial charge in [-0.15, -0.1) is 0 Å². The summed E-state index contributed by atoms with van der Waals surface area (Å²) < 4.78 is 5.36. The van der Waals surface area contributed by atoms with Gasteiger partial charge < -0.3 is 9.73 Å². The van der Waals surface area contributed by atoms with E-state index in [1.807, 2.05) is 0 Å². The molecule has 0 aliphatic carbocycles. The van der Waals surface area contributed by atoms with E-state index in [1.165, 1.54) is 24.6 Å². The van der Waals surface area contributed by atoms with Crippen LogP contribution in [0.25, 0.3) is 11.0 Å². The Morgan fingerprint density at radius 1 is 1.43 bits per heavy atom. The Labute approximate surface area is 141 Å². The summed E-state index contributed by atoms with van der Waals surface area (Å²) in [6.07, 6.45) is 4.22. The highest BCUT2D eigenvalue weighted by atomic mass is 35.5. The topological polar surface area (TPSA) is 83.7 Å². The van der Waals surface area contributed by atoms with Crippen LogP contribution in [-0.4, -0.2) is 24.7 Å². The normalized spacial score (nSPS) is 17.9. The SMILES string of the molecule is O=C(NN=Cc1coc2c(Cl)cc(Cl)cc2c1=O)C1CCCN1. The van der Waals surface area contributed by atoms with Crippen molar-refractivity contribution in [1.82, 2.24) is 10.7 Å². The van der Waals surface area contributed by atoms with Gasteiger partial charge >= 0.3 is 0 Å². The largest absolute Gasteiger partial charge is 0.462 e. The molecule has 0 spiro atoms. The van der Waals surface area contributed by atoms with Crippen LogP contribution in [0, 0.1) is 0 Å². The lowest BCUT2D eigenvalue weighted by Crippen LogP contribution is -2.38. The number of hydrogen-bond donors (Lipinski definition) is 2. The molecule has 1 aromatic carbocycles. The lowest BCUT2D eigenvalue weighted by atomic mass is 10.2. The van der Waals surface area contributed by atoms with Gasteiger partial charge in [-0.2, -0.15) is 5.10 Å². The average Bonchev–Trinajstić information content (AvgIpc) is 3.04. The molecule has 23 heavy (non-hydrogen) atoms. The molecule has 1 fully saturated rings. The molecule has 1 unspecified atom stereocenters. The molecule has 8 heteroatoms. The Hall–Kier alpha value is -1.89. The van der Waals surface area contributed by atoms with Crippen molar-refractivity contribution in [1.29, 1.82) is 0 Å². The predicted molar refractivity (Wildman–Crippen MR) is 89.3 cm³/mol. The van der Waals surface area contributed by atoms with Gasteiger partial charge in [0.1, 0.15) is 6.26 Å². The van der Waals surface area contributed by atoms with Gasteiger partial charge in [0.15, 0.2) is 5.58 Å². The highest BCUT2D eigenvalue weighted by Gasteiger charge is 2.21. The molecule has 2 aromatic rings. The van der Waals surface area contributed by atoms with Gasteiger partial charge in [-0.1, -0.05) is 23.2 Å². The molecule has 1 atom stereocenters. The van der Waals surface area contributed by atoms with Crippen molar-refractivity contribution in [3.8, 4) is 0 Å². The molecule has 120 valence electrons. The van der Waals surface area contributed by atoms with Crippen LogP contribution in [0.5, 0.6) is 0 Å². The molecule has 2 heterocycles. The number of nitrogens with one attached hydrogen (secondary N) is 2. The molecule has 1 amide bonds. The smallest absolute Gasteiger partial charge is 0.257 e. The maximum absolute atomic E-state index is 12.4.